The number of rotatable bonds is 4. The van der Waals surface area contributed by atoms with E-state index in [0.29, 0.717) is 18.0 Å². The second kappa shape index (κ2) is 6.88. The third kappa shape index (κ3) is 3.64. The largest absolute Gasteiger partial charge is 0.339 e. The van der Waals surface area contributed by atoms with E-state index in [1.807, 2.05) is 0 Å². The van der Waals surface area contributed by atoms with Gasteiger partial charge in [-0.05, 0) is 59.2 Å². The lowest BCUT2D eigenvalue weighted by molar-refractivity contribution is 0.110. The first-order valence-electron chi connectivity index (χ1n) is 8.53. The Morgan fingerprint density at radius 3 is 2.81 bits per heavy atom. The second-order valence-corrected chi connectivity index (χ2v) is 6.76. The summed E-state index contributed by atoms with van der Waals surface area (Å²) in [5.74, 6) is 2.22. The SMILES string of the molecule is CC(C)N1CCCCC1Cc1noc(C2CCNCC2)n1. The summed E-state index contributed by atoms with van der Waals surface area (Å²) >= 11 is 0. The third-order valence-corrected chi connectivity index (χ3v) is 4.93. The Morgan fingerprint density at radius 2 is 2.05 bits per heavy atom. The molecule has 2 fully saturated rings. The minimum atomic E-state index is 0.458. The lowest BCUT2D eigenvalue weighted by Crippen LogP contribution is -2.45. The molecule has 0 bridgehead atoms. The highest BCUT2D eigenvalue weighted by Gasteiger charge is 2.27. The van der Waals surface area contributed by atoms with Crippen LogP contribution in [0.15, 0.2) is 4.52 Å². The first-order valence-corrected chi connectivity index (χ1v) is 8.53. The average Bonchev–Trinajstić information content (AvgIpc) is 2.97. The fourth-order valence-corrected chi connectivity index (χ4v) is 3.72. The van der Waals surface area contributed by atoms with Crippen molar-refractivity contribution >= 4 is 0 Å². The smallest absolute Gasteiger partial charge is 0.229 e. The van der Waals surface area contributed by atoms with Gasteiger partial charge in [0.25, 0.3) is 0 Å². The Kier molecular flexibility index (Phi) is 4.91. The second-order valence-electron chi connectivity index (χ2n) is 6.76. The van der Waals surface area contributed by atoms with Crippen molar-refractivity contribution in [3.8, 4) is 0 Å². The number of nitrogens with zero attached hydrogens (tertiary/aromatic N) is 3. The van der Waals surface area contributed by atoms with Gasteiger partial charge in [-0.3, -0.25) is 4.90 Å². The molecule has 0 aliphatic carbocycles. The maximum atomic E-state index is 5.53. The average molecular weight is 292 g/mol. The molecule has 3 heterocycles. The quantitative estimate of drug-likeness (QED) is 0.923. The van der Waals surface area contributed by atoms with Gasteiger partial charge in [0.05, 0.1) is 0 Å². The standard InChI is InChI=1S/C16H28N4O/c1-12(2)20-10-4-3-5-14(20)11-15-18-16(21-19-15)13-6-8-17-9-7-13/h12-14,17H,3-11H2,1-2H3. The van der Waals surface area contributed by atoms with Crippen LogP contribution in [0, 0.1) is 0 Å². The maximum absolute atomic E-state index is 5.53. The Balaban J connectivity index is 1.63. The highest BCUT2D eigenvalue weighted by atomic mass is 16.5. The molecule has 0 spiro atoms. The normalized spacial score (nSPS) is 25.6. The highest BCUT2D eigenvalue weighted by Crippen LogP contribution is 2.25. The minimum absolute atomic E-state index is 0.458. The zero-order valence-corrected chi connectivity index (χ0v) is 13.3. The molecular weight excluding hydrogens is 264 g/mol. The van der Waals surface area contributed by atoms with Gasteiger partial charge < -0.3 is 9.84 Å². The molecule has 3 rings (SSSR count). The van der Waals surface area contributed by atoms with E-state index in [4.69, 9.17) is 4.52 Å². The van der Waals surface area contributed by atoms with E-state index in [1.165, 1.54) is 25.8 Å². The molecule has 5 nitrogen and oxygen atoms in total. The zero-order chi connectivity index (χ0) is 14.7. The van der Waals surface area contributed by atoms with Crippen LogP contribution in [0.4, 0.5) is 0 Å². The van der Waals surface area contributed by atoms with E-state index < -0.39 is 0 Å². The summed E-state index contributed by atoms with van der Waals surface area (Å²) in [5, 5.41) is 7.62. The molecule has 0 amide bonds. The molecule has 21 heavy (non-hydrogen) atoms. The highest BCUT2D eigenvalue weighted by molar-refractivity contribution is 4.98. The zero-order valence-electron chi connectivity index (χ0n) is 13.3. The molecular formula is C16H28N4O. The molecule has 2 saturated heterocycles. The summed E-state index contributed by atoms with van der Waals surface area (Å²) in [6.45, 7) is 7.91. The molecule has 5 heteroatoms. The van der Waals surface area contributed by atoms with E-state index in [1.54, 1.807) is 0 Å². The van der Waals surface area contributed by atoms with Gasteiger partial charge in [-0.2, -0.15) is 4.98 Å². The van der Waals surface area contributed by atoms with E-state index in [-0.39, 0.29) is 0 Å². The van der Waals surface area contributed by atoms with Gasteiger partial charge in [-0.1, -0.05) is 11.6 Å². The van der Waals surface area contributed by atoms with Crippen LogP contribution in [-0.2, 0) is 6.42 Å². The Bertz CT molecular complexity index is 439. The van der Waals surface area contributed by atoms with Crippen LogP contribution < -0.4 is 5.32 Å². The van der Waals surface area contributed by atoms with E-state index >= 15 is 0 Å². The van der Waals surface area contributed by atoms with Crippen molar-refractivity contribution < 1.29 is 4.52 Å². The van der Waals surface area contributed by atoms with Gasteiger partial charge >= 0.3 is 0 Å². The molecule has 2 aliphatic heterocycles. The molecule has 1 aromatic rings. The predicted molar refractivity (Wildman–Crippen MR) is 82.3 cm³/mol. The fraction of sp³-hybridized carbons (Fsp3) is 0.875. The van der Waals surface area contributed by atoms with Crippen LogP contribution in [-0.4, -0.2) is 46.8 Å². The lowest BCUT2D eigenvalue weighted by atomic mass is 9.97. The first kappa shape index (κ1) is 15.0. The summed E-state index contributed by atoms with van der Waals surface area (Å²) in [4.78, 5) is 7.29. The summed E-state index contributed by atoms with van der Waals surface area (Å²) in [7, 11) is 0. The minimum Gasteiger partial charge on any atom is -0.339 e. The van der Waals surface area contributed by atoms with Crippen LogP contribution in [0.5, 0.6) is 0 Å². The summed E-state index contributed by atoms with van der Waals surface area (Å²) in [6.07, 6.45) is 7.07. The first-order chi connectivity index (χ1) is 10.2. The van der Waals surface area contributed by atoms with Crippen LogP contribution in [0.1, 0.15) is 63.6 Å². The molecule has 1 atom stereocenters. The van der Waals surface area contributed by atoms with Crippen LogP contribution in [0.25, 0.3) is 0 Å². The monoisotopic (exact) mass is 292 g/mol. The Labute approximate surface area is 127 Å². The summed E-state index contributed by atoms with van der Waals surface area (Å²) in [6, 6.07) is 1.18. The maximum Gasteiger partial charge on any atom is 0.229 e. The van der Waals surface area contributed by atoms with Crippen molar-refractivity contribution in [3.05, 3.63) is 11.7 Å². The van der Waals surface area contributed by atoms with Crippen molar-refractivity contribution in [3.63, 3.8) is 0 Å². The Hall–Kier alpha value is -0.940. The molecule has 118 valence electrons. The lowest BCUT2D eigenvalue weighted by Gasteiger charge is -2.38. The van der Waals surface area contributed by atoms with Gasteiger partial charge in [-0.15, -0.1) is 0 Å². The van der Waals surface area contributed by atoms with Crippen LogP contribution in [0.3, 0.4) is 0 Å². The molecule has 1 unspecified atom stereocenters. The molecule has 2 aliphatic rings. The van der Waals surface area contributed by atoms with Crippen molar-refractivity contribution in [2.75, 3.05) is 19.6 Å². The summed E-state index contributed by atoms with van der Waals surface area (Å²) in [5.41, 5.74) is 0. The Morgan fingerprint density at radius 1 is 1.24 bits per heavy atom. The van der Waals surface area contributed by atoms with Gasteiger partial charge in [0.2, 0.25) is 5.89 Å². The number of piperidine rings is 2. The predicted octanol–water partition coefficient (Wildman–Crippen LogP) is 2.34. The van der Waals surface area contributed by atoms with E-state index in [2.05, 4.69) is 34.2 Å². The fourth-order valence-electron chi connectivity index (χ4n) is 3.72. The van der Waals surface area contributed by atoms with Crippen molar-refractivity contribution in [1.29, 1.82) is 0 Å². The molecule has 1 N–H and O–H groups in total. The number of hydrogen-bond donors (Lipinski definition) is 1. The van der Waals surface area contributed by atoms with Crippen molar-refractivity contribution in [2.24, 2.45) is 0 Å². The van der Waals surface area contributed by atoms with Crippen LogP contribution in [0.2, 0.25) is 0 Å². The number of likely N-dealkylation sites (tertiary alicyclic amines) is 1. The van der Waals surface area contributed by atoms with E-state index in [0.717, 1.165) is 44.1 Å². The van der Waals surface area contributed by atoms with Gasteiger partial charge in [0, 0.05) is 24.4 Å². The van der Waals surface area contributed by atoms with Gasteiger partial charge in [-0.25, -0.2) is 0 Å². The molecule has 0 aromatic carbocycles. The number of hydrogen-bond acceptors (Lipinski definition) is 5. The summed E-state index contributed by atoms with van der Waals surface area (Å²) < 4.78 is 5.53. The van der Waals surface area contributed by atoms with Gasteiger partial charge in [0.1, 0.15) is 0 Å². The molecule has 1 aromatic heterocycles. The van der Waals surface area contributed by atoms with Gasteiger partial charge in [0.15, 0.2) is 5.82 Å². The number of aromatic nitrogens is 2. The molecule has 0 radical (unpaired) electrons. The topological polar surface area (TPSA) is 54.2 Å². The van der Waals surface area contributed by atoms with E-state index in [9.17, 15) is 0 Å². The van der Waals surface area contributed by atoms with Crippen molar-refractivity contribution in [2.45, 2.75) is 70.4 Å². The molecule has 0 saturated carbocycles. The number of nitrogens with one attached hydrogen (secondary N) is 1. The van der Waals surface area contributed by atoms with Crippen molar-refractivity contribution in [1.82, 2.24) is 20.4 Å². The third-order valence-electron chi connectivity index (χ3n) is 4.93. The van der Waals surface area contributed by atoms with Crippen LogP contribution >= 0.6 is 0 Å².